The summed E-state index contributed by atoms with van der Waals surface area (Å²) >= 11 is 0. The van der Waals surface area contributed by atoms with Crippen molar-refractivity contribution >= 4 is 27.0 Å². The predicted molar refractivity (Wildman–Crippen MR) is 90.5 cm³/mol. The second-order valence-corrected chi connectivity index (χ2v) is 8.37. The lowest BCUT2D eigenvalue weighted by molar-refractivity contribution is -0.161. The van der Waals surface area contributed by atoms with Crippen LogP contribution in [0.4, 0.5) is 0 Å². The monoisotopic (exact) mass is 367 g/mol. The van der Waals surface area contributed by atoms with E-state index in [4.69, 9.17) is 0 Å². The van der Waals surface area contributed by atoms with Gasteiger partial charge in [0.15, 0.2) is 0 Å². The van der Waals surface area contributed by atoms with Crippen LogP contribution in [0.15, 0.2) is 29.4 Å². The van der Waals surface area contributed by atoms with Crippen molar-refractivity contribution in [3.63, 3.8) is 0 Å². The van der Waals surface area contributed by atoms with Gasteiger partial charge in [0.1, 0.15) is 5.41 Å². The fourth-order valence-corrected chi connectivity index (χ4v) is 5.03. The first-order valence-electron chi connectivity index (χ1n) is 8.16. The van der Waals surface area contributed by atoms with Gasteiger partial charge in [-0.2, -0.15) is 4.31 Å². The number of aromatic nitrogens is 2. The number of imidazole rings is 1. The summed E-state index contributed by atoms with van der Waals surface area (Å²) in [5.41, 5.74) is -0.229. The Hall–Kier alpha value is -1.97. The normalized spacial score (nSPS) is 25.3. The molecule has 136 valence electrons. The van der Waals surface area contributed by atoms with Crippen LogP contribution in [-0.2, 0) is 14.8 Å². The molecule has 1 aliphatic rings. The van der Waals surface area contributed by atoms with Crippen molar-refractivity contribution < 1.29 is 23.4 Å². The molecule has 1 fully saturated rings. The standard InChI is InChI=1S/C16H21N3O5S/c1-2-6-16(15(21)22)9-19(7-5-14(16)20)25(23,24)11-3-4-12-13(8-11)18-10-17-12/h3-4,8,10,14,20H,2,5-7,9H2,1H3,(H,17,18)(H,21,22)/t14-,16+/m1/s1. The maximum atomic E-state index is 13.0. The number of rotatable bonds is 5. The third kappa shape index (κ3) is 2.92. The van der Waals surface area contributed by atoms with Crippen molar-refractivity contribution in [2.45, 2.75) is 37.2 Å². The average Bonchev–Trinajstić information content (AvgIpc) is 3.04. The largest absolute Gasteiger partial charge is 0.481 e. The second-order valence-electron chi connectivity index (χ2n) is 6.44. The van der Waals surface area contributed by atoms with Gasteiger partial charge in [-0.1, -0.05) is 13.3 Å². The Morgan fingerprint density at radius 1 is 1.48 bits per heavy atom. The number of hydrogen-bond acceptors (Lipinski definition) is 5. The molecule has 2 atom stereocenters. The first kappa shape index (κ1) is 17.8. The summed E-state index contributed by atoms with van der Waals surface area (Å²) in [4.78, 5) is 18.8. The number of carboxylic acid groups (broad SMARTS) is 1. The van der Waals surface area contributed by atoms with E-state index in [1.54, 1.807) is 6.07 Å². The molecule has 0 unspecified atom stereocenters. The van der Waals surface area contributed by atoms with Gasteiger partial charge < -0.3 is 15.2 Å². The Morgan fingerprint density at radius 2 is 2.24 bits per heavy atom. The van der Waals surface area contributed by atoms with E-state index in [-0.39, 0.29) is 30.8 Å². The van der Waals surface area contributed by atoms with Crippen LogP contribution in [0.1, 0.15) is 26.2 Å². The number of benzene rings is 1. The number of nitrogens with one attached hydrogen (secondary N) is 1. The van der Waals surface area contributed by atoms with Gasteiger partial charge in [0, 0.05) is 13.1 Å². The van der Waals surface area contributed by atoms with E-state index in [0.29, 0.717) is 17.5 Å². The van der Waals surface area contributed by atoms with Crippen LogP contribution in [0.25, 0.3) is 11.0 Å². The summed E-state index contributed by atoms with van der Waals surface area (Å²) in [5.74, 6) is -1.16. The number of sulfonamides is 1. The molecule has 25 heavy (non-hydrogen) atoms. The molecule has 0 radical (unpaired) electrons. The van der Waals surface area contributed by atoms with Crippen LogP contribution in [0.2, 0.25) is 0 Å². The number of carbonyl (C=O) groups is 1. The number of aliphatic hydroxyl groups excluding tert-OH is 1. The molecule has 1 saturated heterocycles. The molecule has 1 aromatic heterocycles. The SMILES string of the molecule is CCC[C@]1(C(=O)O)CN(S(=O)(=O)c2ccc3nc[nH]c3c2)CC[C@H]1O. The van der Waals surface area contributed by atoms with Crippen molar-refractivity contribution in [2.75, 3.05) is 13.1 Å². The Morgan fingerprint density at radius 3 is 2.92 bits per heavy atom. The van der Waals surface area contributed by atoms with E-state index in [1.807, 2.05) is 6.92 Å². The van der Waals surface area contributed by atoms with Gasteiger partial charge >= 0.3 is 5.97 Å². The molecule has 3 rings (SSSR count). The molecule has 1 aliphatic heterocycles. The molecular weight excluding hydrogens is 346 g/mol. The molecule has 0 spiro atoms. The van der Waals surface area contributed by atoms with E-state index in [9.17, 15) is 23.4 Å². The number of aliphatic hydroxyl groups is 1. The maximum absolute atomic E-state index is 13.0. The molecule has 0 amide bonds. The smallest absolute Gasteiger partial charge is 0.313 e. The fraction of sp³-hybridized carbons (Fsp3) is 0.500. The zero-order valence-corrected chi connectivity index (χ0v) is 14.7. The number of piperidine rings is 1. The van der Waals surface area contributed by atoms with Gasteiger partial charge in [0.25, 0.3) is 0 Å². The molecular formula is C16H21N3O5S. The van der Waals surface area contributed by atoms with Crippen LogP contribution in [-0.4, -0.2) is 58.1 Å². The molecule has 3 N–H and O–H groups in total. The zero-order chi connectivity index (χ0) is 18.2. The minimum absolute atomic E-state index is 0.0800. The first-order chi connectivity index (χ1) is 11.8. The van der Waals surface area contributed by atoms with E-state index in [2.05, 4.69) is 9.97 Å². The van der Waals surface area contributed by atoms with Crippen LogP contribution < -0.4 is 0 Å². The molecule has 2 aromatic rings. The quantitative estimate of drug-likeness (QED) is 0.729. The van der Waals surface area contributed by atoms with Crippen molar-refractivity contribution in [1.29, 1.82) is 0 Å². The molecule has 1 aromatic carbocycles. The van der Waals surface area contributed by atoms with E-state index in [1.165, 1.54) is 22.8 Å². The maximum Gasteiger partial charge on any atom is 0.313 e. The molecule has 0 bridgehead atoms. The summed E-state index contributed by atoms with van der Waals surface area (Å²) in [5, 5.41) is 19.9. The lowest BCUT2D eigenvalue weighted by atomic mass is 9.74. The Labute approximate surface area is 145 Å². The van der Waals surface area contributed by atoms with Crippen molar-refractivity contribution in [3.8, 4) is 0 Å². The Kier molecular flexibility index (Phi) is 4.56. The predicted octanol–water partition coefficient (Wildman–Crippen LogP) is 1.19. The topological polar surface area (TPSA) is 124 Å². The highest BCUT2D eigenvalue weighted by atomic mass is 32.2. The Balaban J connectivity index is 1.97. The van der Waals surface area contributed by atoms with Gasteiger partial charge in [0.05, 0.1) is 28.4 Å². The number of aliphatic carboxylic acids is 1. The van der Waals surface area contributed by atoms with Crippen LogP contribution in [0.5, 0.6) is 0 Å². The summed E-state index contributed by atoms with van der Waals surface area (Å²) in [7, 11) is -3.87. The highest BCUT2D eigenvalue weighted by Gasteiger charge is 2.50. The number of H-pyrrole nitrogens is 1. The van der Waals surface area contributed by atoms with Gasteiger partial charge in [-0.25, -0.2) is 13.4 Å². The van der Waals surface area contributed by atoms with E-state index < -0.39 is 27.5 Å². The van der Waals surface area contributed by atoms with E-state index >= 15 is 0 Å². The minimum Gasteiger partial charge on any atom is -0.481 e. The molecule has 9 heteroatoms. The number of aromatic amines is 1. The molecule has 0 aliphatic carbocycles. The molecule has 8 nitrogen and oxygen atoms in total. The van der Waals surface area contributed by atoms with Gasteiger partial charge in [0.2, 0.25) is 10.0 Å². The van der Waals surface area contributed by atoms with Crippen LogP contribution in [0.3, 0.4) is 0 Å². The number of fused-ring (bicyclic) bond motifs is 1. The van der Waals surface area contributed by atoms with Gasteiger partial charge in [-0.15, -0.1) is 0 Å². The fourth-order valence-electron chi connectivity index (χ4n) is 3.48. The zero-order valence-electron chi connectivity index (χ0n) is 13.8. The minimum atomic E-state index is -3.87. The van der Waals surface area contributed by atoms with Crippen molar-refractivity contribution in [2.24, 2.45) is 5.41 Å². The van der Waals surface area contributed by atoms with Crippen LogP contribution >= 0.6 is 0 Å². The van der Waals surface area contributed by atoms with Gasteiger partial charge in [-0.05, 0) is 31.0 Å². The highest BCUT2D eigenvalue weighted by Crippen LogP contribution is 2.37. The lowest BCUT2D eigenvalue weighted by Crippen LogP contribution is -2.57. The number of hydrogen-bond donors (Lipinski definition) is 3. The third-order valence-corrected chi connectivity index (χ3v) is 6.74. The average molecular weight is 367 g/mol. The summed E-state index contributed by atoms with van der Waals surface area (Å²) in [6, 6.07) is 4.56. The van der Waals surface area contributed by atoms with Gasteiger partial charge in [-0.3, -0.25) is 4.79 Å². The van der Waals surface area contributed by atoms with Crippen molar-refractivity contribution in [1.82, 2.24) is 14.3 Å². The molecule has 0 saturated carbocycles. The number of carboxylic acids is 1. The Bertz CT molecular complexity index is 894. The summed E-state index contributed by atoms with van der Waals surface area (Å²) in [6.07, 6.45) is 1.27. The van der Waals surface area contributed by atoms with E-state index in [0.717, 1.165) is 0 Å². The summed E-state index contributed by atoms with van der Waals surface area (Å²) < 4.78 is 27.2. The number of nitrogens with zero attached hydrogens (tertiary/aromatic N) is 2. The highest BCUT2D eigenvalue weighted by molar-refractivity contribution is 7.89. The van der Waals surface area contributed by atoms with Crippen molar-refractivity contribution in [3.05, 3.63) is 24.5 Å². The second kappa shape index (κ2) is 6.40. The summed E-state index contributed by atoms with van der Waals surface area (Å²) in [6.45, 7) is 1.67. The third-order valence-electron chi connectivity index (χ3n) is 4.90. The van der Waals surface area contributed by atoms with Crippen LogP contribution in [0, 0.1) is 5.41 Å². The lowest BCUT2D eigenvalue weighted by Gasteiger charge is -2.42. The molecule has 2 heterocycles. The first-order valence-corrected chi connectivity index (χ1v) is 9.60.